The Morgan fingerprint density at radius 3 is 0.957 bits per heavy atom. The lowest BCUT2D eigenvalue weighted by Gasteiger charge is -2.30. The number of nitrogens with one attached hydrogen (secondary N) is 10. The van der Waals surface area contributed by atoms with Crippen molar-refractivity contribution in [2.45, 2.75) is 235 Å². The molecule has 7 fully saturated rings. The number of halogens is 4. The van der Waals surface area contributed by atoms with Crippen molar-refractivity contribution in [3.8, 4) is 0 Å². The highest BCUT2D eigenvalue weighted by molar-refractivity contribution is 5.93. The largest absolute Gasteiger partial charge is 0.361 e. The van der Waals surface area contributed by atoms with E-state index >= 15 is 0 Å². The zero-order valence-electron chi connectivity index (χ0n) is 80.9. The van der Waals surface area contributed by atoms with Crippen molar-refractivity contribution >= 4 is 116 Å². The van der Waals surface area contributed by atoms with Crippen molar-refractivity contribution in [3.63, 3.8) is 0 Å². The minimum atomic E-state index is -0.851. The third kappa shape index (κ3) is 21.3. The molecular weight excluding hydrogens is 1710 g/mol. The standard InChI is InChI=1S/C29H35N3.C28H33N3.C23H26N2.C21H22F2N2.C20H21F2N3/c1-32-15-13-22(14-16-32)25-11-8-21-7-9-23(17-27(21)25)31-24-10-12-26-28(19-30-29(26)18-24)20-5-3-2-4-6-20;1-3-7-19(8-4-1)25-17-29-27-15-21(11-13-23(25)27)31-22-12-14-24-26(18-30-28(24)16-22)20-9-5-2-6-10-20;1-2-5-17(6-3-1)22-15-24-23-14-20(11-12-21(22)23)25-19-10-9-16-7-4-8-18(16)13-19;1-25-8-6-16(7-9-25)18-13-24-21-5-3-14(11-17(18)21)10-15-2-4-19(22)20(23)12-15;1-25-8-6-13(7-9-25)17-12-23-20-11-15(2-4-16(17)20)24-14-3-5-18(21)19(22)10-14/h7,9-12,17-20,22,30-31H,2-6,8,13-16H2,1H3;11-20,29-31H,1-10H2;9-15,17,24-25H,1-8H2;2-5,11-13,16,24H,6-10H2,1H3;2-5,10-13,23-24H,6-9H2,1H3. The average Bonchev–Trinajstić information content (AvgIpc) is 1.63. The Morgan fingerprint density at radius 1 is 0.254 bits per heavy atom. The molecular formula is C121H137F4N13. The van der Waals surface area contributed by atoms with Crippen molar-refractivity contribution in [1.82, 2.24) is 44.6 Å². The van der Waals surface area contributed by atoms with E-state index in [9.17, 15) is 17.6 Å². The van der Waals surface area contributed by atoms with Crippen LogP contribution < -0.4 is 21.3 Å². The minimum Gasteiger partial charge on any atom is -0.361 e. The monoisotopic (exact) mass is 1850 g/mol. The lowest BCUT2D eigenvalue weighted by molar-refractivity contribution is 0.248. The van der Waals surface area contributed by atoms with E-state index < -0.39 is 23.3 Å². The van der Waals surface area contributed by atoms with Crippen LogP contribution in [0.4, 0.5) is 63.1 Å². The summed E-state index contributed by atoms with van der Waals surface area (Å²) >= 11 is 0. The molecule has 0 spiro atoms. The van der Waals surface area contributed by atoms with E-state index in [1.807, 2.05) is 12.1 Å². The van der Waals surface area contributed by atoms with Crippen LogP contribution in [0.3, 0.4) is 0 Å². The fourth-order valence-corrected chi connectivity index (χ4v) is 24.7. The maximum absolute atomic E-state index is 13.4. The SMILES string of the molecule is CN1CCC(C2=CCc3ccc(Nc4ccc5c(C6CCCCC6)c[nH]c5c4)cc32)CC1.CN1CCC(c2c[nH]c3cc(Nc4ccc(F)c(F)c4)ccc23)CC1.CN1CCC(c2c[nH]c3ccc(Cc4ccc(F)c(F)c4)cc23)CC1.c1cc2c(C3CCCCC3)c[nH]c2cc1Nc1ccc2c(C3CCCCC3)c[nH]c2c1.c1cc2c(cc1Nc1ccc3c(C4CCCCC4)c[nH]c3c1)CCC2. The van der Waals surface area contributed by atoms with Gasteiger partial charge in [0.1, 0.15) is 0 Å². The maximum Gasteiger partial charge on any atom is 0.160 e. The van der Waals surface area contributed by atoms with Gasteiger partial charge < -0.3 is 65.9 Å². The molecule has 25 rings (SSSR count). The van der Waals surface area contributed by atoms with E-state index in [-0.39, 0.29) is 0 Å². The van der Waals surface area contributed by atoms with Crippen molar-refractivity contribution in [3.05, 3.63) is 315 Å². The van der Waals surface area contributed by atoms with Crippen LogP contribution in [0.15, 0.2) is 225 Å². The molecule has 4 saturated carbocycles. The first-order valence-electron chi connectivity index (χ1n) is 52.3. The number of piperidine rings is 3. The molecule has 6 aliphatic carbocycles. The first-order valence-corrected chi connectivity index (χ1v) is 52.3. The Balaban J connectivity index is 0.000000103. The quantitative estimate of drug-likeness (QED) is 0.0408. The van der Waals surface area contributed by atoms with Crippen LogP contribution in [0.5, 0.6) is 0 Å². The van der Waals surface area contributed by atoms with Crippen LogP contribution in [-0.2, 0) is 25.7 Å². The van der Waals surface area contributed by atoms with Gasteiger partial charge in [0.15, 0.2) is 23.3 Å². The Hall–Kier alpha value is -12.0. The lowest BCUT2D eigenvalue weighted by atomic mass is 9.84. The van der Waals surface area contributed by atoms with E-state index in [4.69, 9.17) is 0 Å². The predicted molar refractivity (Wildman–Crippen MR) is 568 cm³/mol. The molecule has 16 aromatic rings. The number of fused-ring (bicyclic) bond motifs is 8. The average molecular weight is 1850 g/mol. The highest BCUT2D eigenvalue weighted by Gasteiger charge is 2.30. The molecule has 0 unspecified atom stereocenters. The fourth-order valence-electron chi connectivity index (χ4n) is 24.7. The highest BCUT2D eigenvalue weighted by Crippen LogP contribution is 2.46. The van der Waals surface area contributed by atoms with Gasteiger partial charge in [-0.2, -0.15) is 0 Å². The molecule has 9 aliphatic rings. The van der Waals surface area contributed by atoms with E-state index in [0.717, 1.165) is 119 Å². The molecule has 3 saturated heterocycles. The second-order valence-corrected chi connectivity index (χ2v) is 41.8. The van der Waals surface area contributed by atoms with E-state index in [1.165, 1.54) is 345 Å². The van der Waals surface area contributed by atoms with Gasteiger partial charge in [0.25, 0.3) is 0 Å². The van der Waals surface area contributed by atoms with Crippen LogP contribution in [0.2, 0.25) is 0 Å². The molecule has 6 aromatic heterocycles. The molecule has 13 nitrogen and oxygen atoms in total. The summed E-state index contributed by atoms with van der Waals surface area (Å²) in [5.41, 5.74) is 33.9. The molecule has 0 atom stereocenters. The molecule has 10 N–H and O–H groups in total. The van der Waals surface area contributed by atoms with Crippen molar-refractivity contribution in [1.29, 1.82) is 0 Å². The number of allylic oxidation sites excluding steroid dienone is 2. The maximum atomic E-state index is 13.4. The Bertz CT molecular complexity index is 6830. The molecule has 3 aliphatic heterocycles. The second kappa shape index (κ2) is 42.4. The number of anilines is 8. The summed E-state index contributed by atoms with van der Waals surface area (Å²) < 4.78 is 52.9. The number of nitrogens with zero attached hydrogens (tertiary/aromatic N) is 3. The van der Waals surface area contributed by atoms with Crippen LogP contribution in [0.1, 0.15) is 276 Å². The number of hydrogen-bond acceptors (Lipinski definition) is 7. The van der Waals surface area contributed by atoms with Crippen molar-refractivity contribution in [2.24, 2.45) is 5.92 Å². The van der Waals surface area contributed by atoms with Gasteiger partial charge in [0.05, 0.1) is 0 Å². The van der Waals surface area contributed by atoms with Crippen molar-refractivity contribution < 1.29 is 17.6 Å². The van der Waals surface area contributed by atoms with Gasteiger partial charge in [-0.05, 0) is 417 Å². The van der Waals surface area contributed by atoms with Crippen LogP contribution in [0, 0.1) is 29.2 Å². The summed E-state index contributed by atoms with van der Waals surface area (Å²) in [7, 11) is 6.58. The normalized spacial score (nSPS) is 18.2. The molecule has 0 bridgehead atoms. The number of aryl methyl sites for hydroxylation is 2. The number of H-pyrrole nitrogens is 6. The van der Waals surface area contributed by atoms with Gasteiger partial charge in [-0.15, -0.1) is 0 Å². The number of aromatic nitrogens is 6. The molecule has 138 heavy (non-hydrogen) atoms. The van der Waals surface area contributed by atoms with Gasteiger partial charge >= 0.3 is 0 Å². The lowest BCUT2D eigenvalue weighted by Crippen LogP contribution is -2.30. The molecule has 0 amide bonds. The van der Waals surface area contributed by atoms with Gasteiger partial charge in [-0.1, -0.05) is 138 Å². The molecule has 9 heterocycles. The van der Waals surface area contributed by atoms with Gasteiger partial charge in [-0.3, -0.25) is 0 Å². The number of rotatable bonds is 17. The van der Waals surface area contributed by atoms with Crippen LogP contribution in [0.25, 0.3) is 71.0 Å². The van der Waals surface area contributed by atoms with Gasteiger partial charge in [-0.25, -0.2) is 17.6 Å². The number of benzene rings is 10. The molecule has 10 aromatic carbocycles. The third-order valence-corrected chi connectivity index (χ3v) is 32.5. The highest BCUT2D eigenvalue weighted by atomic mass is 19.2. The number of hydrogen-bond donors (Lipinski definition) is 10. The summed E-state index contributed by atoms with van der Waals surface area (Å²) in [6.07, 6.45) is 55.9. The van der Waals surface area contributed by atoms with Gasteiger partial charge in [0, 0.05) is 154 Å². The minimum absolute atomic E-state index is 0.528. The van der Waals surface area contributed by atoms with Gasteiger partial charge in [0.2, 0.25) is 0 Å². The topological polar surface area (TPSA) is 153 Å². The molecule has 0 radical (unpaired) electrons. The number of likely N-dealkylation sites (tertiary alicyclic amines) is 3. The molecule has 714 valence electrons. The third-order valence-electron chi connectivity index (χ3n) is 32.5. The van der Waals surface area contributed by atoms with Crippen LogP contribution in [-0.4, -0.2) is 105 Å². The zero-order valence-corrected chi connectivity index (χ0v) is 80.9. The Labute approximate surface area is 811 Å². The summed E-state index contributed by atoms with van der Waals surface area (Å²) in [4.78, 5) is 28.1. The first kappa shape index (κ1) is 92.3. The van der Waals surface area contributed by atoms with E-state index in [0.29, 0.717) is 23.9 Å². The van der Waals surface area contributed by atoms with E-state index in [1.54, 1.807) is 11.6 Å². The molecule has 17 heteroatoms. The first-order chi connectivity index (χ1) is 67.7. The fraction of sp³-hybridized carbons (Fsp3) is 0.388. The van der Waals surface area contributed by atoms with E-state index in [2.05, 4.69) is 264 Å². The van der Waals surface area contributed by atoms with Crippen LogP contribution >= 0.6 is 0 Å². The zero-order chi connectivity index (χ0) is 93.5. The smallest absolute Gasteiger partial charge is 0.160 e. The Morgan fingerprint density at radius 2 is 0.558 bits per heavy atom. The summed E-state index contributed by atoms with van der Waals surface area (Å²) in [5, 5.41) is 22.1. The summed E-state index contributed by atoms with van der Waals surface area (Å²) in [5.74, 6) is 1.57. The Kier molecular flexibility index (Phi) is 28.3. The second-order valence-electron chi connectivity index (χ2n) is 41.8. The summed E-state index contributed by atoms with van der Waals surface area (Å²) in [6, 6.07) is 61.4. The predicted octanol–water partition coefficient (Wildman–Crippen LogP) is 32.0. The number of aromatic amines is 6. The summed E-state index contributed by atoms with van der Waals surface area (Å²) in [6.45, 7) is 6.96. The van der Waals surface area contributed by atoms with Crippen molar-refractivity contribution in [2.75, 3.05) is 81.7 Å².